The number of aromatic nitrogens is 3. The summed E-state index contributed by atoms with van der Waals surface area (Å²) in [4.78, 5) is 0. The van der Waals surface area contributed by atoms with E-state index in [1.54, 1.807) is 0 Å². The molecule has 1 heterocycles. The third-order valence-electron chi connectivity index (χ3n) is 2.72. The number of rotatable bonds is 8. The van der Waals surface area contributed by atoms with E-state index in [9.17, 15) is 0 Å². The molecule has 0 aliphatic carbocycles. The van der Waals surface area contributed by atoms with Gasteiger partial charge in [0.05, 0.1) is 12.2 Å². The quantitative estimate of drug-likeness (QED) is 0.657. The first-order valence-electron chi connectivity index (χ1n) is 6.41. The van der Waals surface area contributed by atoms with Gasteiger partial charge < -0.3 is 9.47 Å². The fourth-order valence-corrected chi connectivity index (χ4v) is 1.76. The summed E-state index contributed by atoms with van der Waals surface area (Å²) in [7, 11) is 0. The number of nitrogens with zero attached hydrogens (tertiary/aromatic N) is 3. The Kier molecular flexibility index (Phi) is 6.15. The van der Waals surface area contributed by atoms with E-state index in [1.807, 2.05) is 24.7 Å². The smallest absolute Gasteiger partial charge is 0.204 e. The van der Waals surface area contributed by atoms with Crippen molar-refractivity contribution in [2.75, 3.05) is 13.2 Å². The fraction of sp³-hybridized carbons (Fsp3) is 0.833. The third-order valence-corrected chi connectivity index (χ3v) is 2.72. The van der Waals surface area contributed by atoms with Crippen molar-refractivity contribution in [3.05, 3.63) is 11.9 Å². The summed E-state index contributed by atoms with van der Waals surface area (Å²) in [5, 5.41) is 8.28. The van der Waals surface area contributed by atoms with Crippen LogP contribution in [0, 0.1) is 0 Å². The van der Waals surface area contributed by atoms with E-state index in [2.05, 4.69) is 24.2 Å². The van der Waals surface area contributed by atoms with Crippen LogP contribution in [0.25, 0.3) is 0 Å². The second-order valence-corrected chi connectivity index (χ2v) is 3.84. The van der Waals surface area contributed by atoms with E-state index in [0.29, 0.717) is 19.3 Å². The lowest BCUT2D eigenvalue weighted by molar-refractivity contribution is -0.142. The molecule has 17 heavy (non-hydrogen) atoms. The van der Waals surface area contributed by atoms with Crippen molar-refractivity contribution in [3.63, 3.8) is 0 Å². The molecule has 0 bridgehead atoms. The zero-order valence-electron chi connectivity index (χ0n) is 11.2. The average molecular weight is 241 g/mol. The molecule has 0 N–H and O–H groups in total. The highest BCUT2D eigenvalue weighted by Gasteiger charge is 2.17. The van der Waals surface area contributed by atoms with Gasteiger partial charge in [-0.15, -0.1) is 5.10 Å². The van der Waals surface area contributed by atoms with E-state index in [4.69, 9.17) is 9.47 Å². The predicted octanol–water partition coefficient (Wildman–Crippen LogP) is 2.71. The molecule has 0 aliphatic heterocycles. The van der Waals surface area contributed by atoms with Gasteiger partial charge in [0.25, 0.3) is 0 Å². The Labute approximate surface area is 103 Å². The van der Waals surface area contributed by atoms with Gasteiger partial charge in [-0.25, -0.2) is 4.68 Å². The number of hydrogen-bond acceptors (Lipinski definition) is 4. The van der Waals surface area contributed by atoms with Gasteiger partial charge in [-0.05, 0) is 26.7 Å². The predicted molar refractivity (Wildman–Crippen MR) is 65.6 cm³/mol. The Hall–Kier alpha value is -0.940. The molecular formula is C12H23N3O2. The SMILES string of the molecule is CCOC(OCC)c1cn(C(CC)CC)nn1. The third kappa shape index (κ3) is 3.78. The van der Waals surface area contributed by atoms with Crippen LogP contribution in [-0.4, -0.2) is 28.2 Å². The minimum absolute atomic E-state index is 0.395. The first-order chi connectivity index (χ1) is 8.26. The highest BCUT2D eigenvalue weighted by Crippen LogP contribution is 2.19. The lowest BCUT2D eigenvalue weighted by Crippen LogP contribution is -2.09. The second kappa shape index (κ2) is 7.40. The van der Waals surface area contributed by atoms with Crippen molar-refractivity contribution in [3.8, 4) is 0 Å². The highest BCUT2D eigenvalue weighted by molar-refractivity contribution is 4.95. The maximum Gasteiger partial charge on any atom is 0.204 e. The molecule has 0 aliphatic rings. The molecule has 1 aromatic heterocycles. The molecule has 0 fully saturated rings. The summed E-state index contributed by atoms with van der Waals surface area (Å²) in [6.07, 6.45) is 3.63. The largest absolute Gasteiger partial charge is 0.347 e. The molecule has 5 nitrogen and oxygen atoms in total. The Morgan fingerprint density at radius 3 is 2.18 bits per heavy atom. The Morgan fingerprint density at radius 1 is 1.12 bits per heavy atom. The first-order valence-corrected chi connectivity index (χ1v) is 6.41. The van der Waals surface area contributed by atoms with Gasteiger partial charge >= 0.3 is 0 Å². The molecule has 0 atom stereocenters. The van der Waals surface area contributed by atoms with Gasteiger partial charge in [-0.1, -0.05) is 19.1 Å². The molecule has 0 unspecified atom stereocenters. The molecule has 0 aromatic carbocycles. The van der Waals surface area contributed by atoms with Gasteiger partial charge in [-0.2, -0.15) is 0 Å². The molecule has 1 aromatic rings. The zero-order chi connectivity index (χ0) is 12.7. The normalized spacial score (nSPS) is 11.6. The van der Waals surface area contributed by atoms with Crippen LogP contribution in [0.15, 0.2) is 6.20 Å². The molecule has 98 valence electrons. The summed E-state index contributed by atoms with van der Waals surface area (Å²) >= 11 is 0. The average Bonchev–Trinajstić information content (AvgIpc) is 2.80. The van der Waals surface area contributed by atoms with Crippen molar-refractivity contribution in [2.24, 2.45) is 0 Å². The monoisotopic (exact) mass is 241 g/mol. The Balaban J connectivity index is 2.76. The van der Waals surface area contributed by atoms with Crippen molar-refractivity contribution >= 4 is 0 Å². The van der Waals surface area contributed by atoms with Gasteiger partial charge in [0.1, 0.15) is 5.69 Å². The van der Waals surface area contributed by atoms with Crippen LogP contribution >= 0.6 is 0 Å². The standard InChI is InChI=1S/C12H23N3O2/c1-5-10(6-2)15-9-11(13-14-15)12(16-7-3)17-8-4/h9-10,12H,5-8H2,1-4H3. The maximum absolute atomic E-state index is 5.49. The molecule has 0 amide bonds. The van der Waals surface area contributed by atoms with E-state index in [1.165, 1.54) is 0 Å². The van der Waals surface area contributed by atoms with Gasteiger partial charge in [0.15, 0.2) is 0 Å². The van der Waals surface area contributed by atoms with E-state index in [-0.39, 0.29) is 0 Å². The topological polar surface area (TPSA) is 49.2 Å². The summed E-state index contributed by atoms with van der Waals surface area (Å²) in [6.45, 7) is 9.38. The molecule has 0 radical (unpaired) electrons. The maximum atomic E-state index is 5.49. The fourth-order valence-electron chi connectivity index (χ4n) is 1.76. The summed E-state index contributed by atoms with van der Waals surface area (Å²) < 4.78 is 12.9. The molecular weight excluding hydrogens is 218 g/mol. The van der Waals surface area contributed by atoms with Crippen molar-refractivity contribution in [2.45, 2.75) is 52.9 Å². The number of ether oxygens (including phenoxy) is 2. The van der Waals surface area contributed by atoms with E-state index < -0.39 is 6.29 Å². The zero-order valence-corrected chi connectivity index (χ0v) is 11.2. The van der Waals surface area contributed by atoms with Crippen LogP contribution in [0.5, 0.6) is 0 Å². The summed E-state index contributed by atoms with van der Waals surface area (Å²) in [5.74, 6) is 0. The van der Waals surface area contributed by atoms with Gasteiger partial charge in [0, 0.05) is 13.2 Å². The van der Waals surface area contributed by atoms with Crippen LogP contribution in [0.4, 0.5) is 0 Å². The minimum atomic E-state index is -0.395. The highest BCUT2D eigenvalue weighted by atomic mass is 16.7. The lowest BCUT2D eigenvalue weighted by Gasteiger charge is -2.14. The van der Waals surface area contributed by atoms with Crippen LogP contribution in [0.2, 0.25) is 0 Å². The summed E-state index contributed by atoms with van der Waals surface area (Å²) in [5.41, 5.74) is 0.751. The van der Waals surface area contributed by atoms with Crippen LogP contribution in [-0.2, 0) is 9.47 Å². The van der Waals surface area contributed by atoms with Crippen molar-refractivity contribution in [1.29, 1.82) is 0 Å². The summed E-state index contributed by atoms with van der Waals surface area (Å²) in [6, 6.07) is 0.403. The molecule has 0 saturated heterocycles. The molecule has 0 spiro atoms. The van der Waals surface area contributed by atoms with E-state index in [0.717, 1.165) is 18.5 Å². The first kappa shape index (κ1) is 14.1. The molecule has 5 heteroatoms. The minimum Gasteiger partial charge on any atom is -0.347 e. The Morgan fingerprint density at radius 2 is 1.71 bits per heavy atom. The van der Waals surface area contributed by atoms with Gasteiger partial charge in [-0.3, -0.25) is 0 Å². The van der Waals surface area contributed by atoms with E-state index >= 15 is 0 Å². The Bertz CT molecular complexity index is 304. The lowest BCUT2D eigenvalue weighted by atomic mass is 10.2. The molecule has 0 saturated carbocycles. The van der Waals surface area contributed by atoms with Crippen molar-refractivity contribution in [1.82, 2.24) is 15.0 Å². The number of hydrogen-bond donors (Lipinski definition) is 0. The molecule has 1 rings (SSSR count). The van der Waals surface area contributed by atoms with Gasteiger partial charge in [0.2, 0.25) is 6.29 Å². The van der Waals surface area contributed by atoms with Crippen LogP contribution < -0.4 is 0 Å². The second-order valence-electron chi connectivity index (χ2n) is 3.84. The van der Waals surface area contributed by atoms with Crippen LogP contribution in [0.3, 0.4) is 0 Å². The van der Waals surface area contributed by atoms with Crippen LogP contribution in [0.1, 0.15) is 58.6 Å². The van der Waals surface area contributed by atoms with Crippen molar-refractivity contribution < 1.29 is 9.47 Å².